The second kappa shape index (κ2) is 8.84. The molecule has 1 fully saturated rings. The van der Waals surface area contributed by atoms with Crippen LogP contribution in [0.3, 0.4) is 0 Å². The van der Waals surface area contributed by atoms with E-state index in [2.05, 4.69) is 0 Å². The van der Waals surface area contributed by atoms with Crippen molar-refractivity contribution in [3.8, 4) is 11.5 Å². The molecule has 8 heteroatoms. The topological polar surface area (TPSA) is 72.9 Å². The van der Waals surface area contributed by atoms with Gasteiger partial charge in [-0.3, -0.25) is 4.79 Å². The lowest BCUT2D eigenvalue weighted by atomic mass is 10.1. The molecule has 0 radical (unpaired) electrons. The van der Waals surface area contributed by atoms with Gasteiger partial charge in [-0.15, -0.1) is 0 Å². The molecule has 2 aromatic carbocycles. The molecular formula is C20H22ClNO5S. The van der Waals surface area contributed by atoms with E-state index in [1.807, 2.05) is 12.1 Å². The van der Waals surface area contributed by atoms with Crippen molar-refractivity contribution in [3.63, 3.8) is 0 Å². The van der Waals surface area contributed by atoms with Crippen molar-refractivity contribution in [2.75, 3.05) is 25.2 Å². The molecule has 1 amide bonds. The zero-order valence-electron chi connectivity index (χ0n) is 15.5. The first kappa shape index (κ1) is 20.5. The molecule has 3 rings (SSSR count). The first-order valence-corrected chi connectivity index (χ1v) is 11.1. The lowest BCUT2D eigenvalue weighted by molar-refractivity contribution is -0.136. The van der Waals surface area contributed by atoms with Crippen molar-refractivity contribution in [2.24, 2.45) is 0 Å². The minimum atomic E-state index is -3.12. The normalized spacial score (nSPS) is 17.9. The van der Waals surface area contributed by atoms with Crippen LogP contribution in [-0.4, -0.2) is 50.5 Å². The lowest BCUT2D eigenvalue weighted by Crippen LogP contribution is -2.43. The number of benzene rings is 2. The summed E-state index contributed by atoms with van der Waals surface area (Å²) in [5, 5.41) is 0.605. The van der Waals surface area contributed by atoms with Crippen LogP contribution in [0.2, 0.25) is 5.02 Å². The molecule has 1 aliphatic rings. The third-order valence-electron chi connectivity index (χ3n) is 4.66. The quantitative estimate of drug-likeness (QED) is 0.684. The maximum atomic E-state index is 12.9. The van der Waals surface area contributed by atoms with Crippen LogP contribution in [0.15, 0.2) is 48.5 Å². The van der Waals surface area contributed by atoms with E-state index in [-0.39, 0.29) is 30.1 Å². The maximum Gasteiger partial charge on any atom is 0.261 e. The molecule has 0 saturated carbocycles. The van der Waals surface area contributed by atoms with Crippen molar-refractivity contribution in [3.05, 3.63) is 59.1 Å². The summed E-state index contributed by atoms with van der Waals surface area (Å²) in [4.78, 5) is 14.5. The molecule has 1 atom stereocenters. The number of nitrogens with zero attached hydrogens (tertiary/aromatic N) is 1. The number of hydrogen-bond donors (Lipinski definition) is 0. The van der Waals surface area contributed by atoms with E-state index in [1.54, 1.807) is 48.4 Å². The number of rotatable bonds is 7. The number of methoxy groups -OCH3 is 1. The van der Waals surface area contributed by atoms with E-state index in [1.165, 1.54) is 0 Å². The fourth-order valence-corrected chi connectivity index (χ4v) is 4.99. The Labute approximate surface area is 169 Å². The standard InChI is InChI=1S/C20H22ClNO5S/c1-26-18-6-8-19(9-7-18)27-13-20(23)22(17-10-11-28(24,25)14-17)12-15-2-4-16(21)5-3-15/h2-9,17H,10-14H2,1H3. The Morgan fingerprint density at radius 3 is 2.32 bits per heavy atom. The fraction of sp³-hybridized carbons (Fsp3) is 0.350. The van der Waals surface area contributed by atoms with E-state index in [4.69, 9.17) is 21.1 Å². The van der Waals surface area contributed by atoms with Gasteiger partial charge in [0.15, 0.2) is 16.4 Å². The molecule has 0 aromatic heterocycles. The van der Waals surface area contributed by atoms with E-state index >= 15 is 0 Å². The molecule has 1 saturated heterocycles. The second-order valence-corrected chi connectivity index (χ2v) is 9.33. The van der Waals surface area contributed by atoms with Gasteiger partial charge in [0.2, 0.25) is 0 Å². The summed E-state index contributed by atoms with van der Waals surface area (Å²) in [6.45, 7) is 0.138. The third kappa shape index (κ3) is 5.39. The number of halogens is 1. The van der Waals surface area contributed by atoms with Gasteiger partial charge in [-0.2, -0.15) is 0 Å². The maximum absolute atomic E-state index is 12.9. The summed E-state index contributed by atoms with van der Waals surface area (Å²) >= 11 is 5.93. The third-order valence-corrected chi connectivity index (χ3v) is 6.66. The van der Waals surface area contributed by atoms with Gasteiger partial charge in [0.25, 0.3) is 5.91 Å². The number of ether oxygens (including phenoxy) is 2. The highest BCUT2D eigenvalue weighted by atomic mass is 35.5. The zero-order valence-corrected chi connectivity index (χ0v) is 17.1. The first-order valence-electron chi connectivity index (χ1n) is 8.87. The second-order valence-electron chi connectivity index (χ2n) is 6.67. The van der Waals surface area contributed by atoms with Crippen molar-refractivity contribution in [1.29, 1.82) is 0 Å². The Morgan fingerprint density at radius 1 is 1.11 bits per heavy atom. The predicted molar refractivity (Wildman–Crippen MR) is 108 cm³/mol. The van der Waals surface area contributed by atoms with Crippen molar-refractivity contribution in [1.82, 2.24) is 4.90 Å². The van der Waals surface area contributed by atoms with Gasteiger partial charge >= 0.3 is 0 Å². The average Bonchev–Trinajstić information content (AvgIpc) is 3.05. The highest BCUT2D eigenvalue weighted by Crippen LogP contribution is 2.22. The first-order chi connectivity index (χ1) is 13.4. The van der Waals surface area contributed by atoms with E-state index in [9.17, 15) is 13.2 Å². The van der Waals surface area contributed by atoms with Crippen molar-refractivity contribution in [2.45, 2.75) is 19.0 Å². The van der Waals surface area contributed by atoms with Crippen LogP contribution in [0, 0.1) is 0 Å². The minimum absolute atomic E-state index is 0.0190. The van der Waals surface area contributed by atoms with Gasteiger partial charge in [-0.1, -0.05) is 23.7 Å². The summed E-state index contributed by atoms with van der Waals surface area (Å²) < 4.78 is 34.5. The van der Waals surface area contributed by atoms with E-state index in [0.29, 0.717) is 29.5 Å². The van der Waals surface area contributed by atoms with Crippen LogP contribution in [0.25, 0.3) is 0 Å². The van der Waals surface area contributed by atoms with Gasteiger partial charge in [-0.25, -0.2) is 8.42 Å². The molecule has 6 nitrogen and oxygen atoms in total. The molecule has 28 heavy (non-hydrogen) atoms. The highest BCUT2D eigenvalue weighted by molar-refractivity contribution is 7.91. The molecule has 2 aromatic rings. The molecule has 1 heterocycles. The van der Waals surface area contributed by atoms with Gasteiger partial charge in [-0.05, 0) is 48.4 Å². The molecule has 1 aliphatic heterocycles. The molecule has 150 valence electrons. The smallest absolute Gasteiger partial charge is 0.261 e. The molecule has 0 spiro atoms. The highest BCUT2D eigenvalue weighted by Gasteiger charge is 2.34. The van der Waals surface area contributed by atoms with E-state index < -0.39 is 9.84 Å². The monoisotopic (exact) mass is 423 g/mol. The lowest BCUT2D eigenvalue weighted by Gasteiger charge is -2.28. The van der Waals surface area contributed by atoms with Gasteiger partial charge in [0, 0.05) is 17.6 Å². The van der Waals surface area contributed by atoms with Crippen LogP contribution in [-0.2, 0) is 21.2 Å². The van der Waals surface area contributed by atoms with Crippen molar-refractivity contribution >= 4 is 27.3 Å². The largest absolute Gasteiger partial charge is 0.497 e. The van der Waals surface area contributed by atoms with Crippen molar-refractivity contribution < 1.29 is 22.7 Å². The number of carbonyl (C=O) groups is 1. The average molecular weight is 424 g/mol. The summed E-state index contributed by atoms with van der Waals surface area (Å²) in [5.41, 5.74) is 0.881. The molecule has 0 aliphatic carbocycles. The fourth-order valence-electron chi connectivity index (χ4n) is 3.13. The number of sulfone groups is 1. The summed E-state index contributed by atoms with van der Waals surface area (Å²) in [7, 11) is -1.54. The Morgan fingerprint density at radius 2 is 1.75 bits per heavy atom. The van der Waals surface area contributed by atoms with Crippen LogP contribution < -0.4 is 9.47 Å². The molecule has 0 N–H and O–H groups in total. The van der Waals surface area contributed by atoms with Crippen LogP contribution >= 0.6 is 11.6 Å². The molecule has 1 unspecified atom stereocenters. The number of amides is 1. The number of hydrogen-bond acceptors (Lipinski definition) is 5. The molecule has 0 bridgehead atoms. The summed E-state index contributed by atoms with van der Waals surface area (Å²) in [6, 6.07) is 13.7. The van der Waals surface area contributed by atoms with Crippen LogP contribution in [0.4, 0.5) is 0 Å². The van der Waals surface area contributed by atoms with Crippen LogP contribution in [0.1, 0.15) is 12.0 Å². The van der Waals surface area contributed by atoms with Gasteiger partial charge in [0.05, 0.1) is 18.6 Å². The summed E-state index contributed by atoms with van der Waals surface area (Å²) in [6.07, 6.45) is 0.435. The minimum Gasteiger partial charge on any atom is -0.497 e. The summed E-state index contributed by atoms with van der Waals surface area (Å²) in [5.74, 6) is 1.06. The van der Waals surface area contributed by atoms with Gasteiger partial charge in [0.1, 0.15) is 11.5 Å². The Bertz CT molecular complexity index is 913. The Kier molecular flexibility index (Phi) is 6.46. The SMILES string of the molecule is COc1ccc(OCC(=O)N(Cc2ccc(Cl)cc2)C2CCS(=O)(=O)C2)cc1. The zero-order chi connectivity index (χ0) is 20.1. The Balaban J connectivity index is 1.71. The van der Waals surface area contributed by atoms with E-state index in [0.717, 1.165) is 5.56 Å². The van der Waals surface area contributed by atoms with Crippen LogP contribution in [0.5, 0.6) is 11.5 Å². The van der Waals surface area contributed by atoms with Gasteiger partial charge < -0.3 is 14.4 Å². The Hall–Kier alpha value is -2.25. The molecular weight excluding hydrogens is 402 g/mol. The number of carbonyl (C=O) groups excluding carboxylic acids is 1. The predicted octanol–water partition coefficient (Wildman–Crippen LogP) is 2.94.